The van der Waals surface area contributed by atoms with Gasteiger partial charge in [0.1, 0.15) is 6.61 Å². The fraction of sp³-hybridized carbons (Fsp3) is 0.217. The van der Waals surface area contributed by atoms with Crippen LogP contribution in [0.25, 0.3) is 11.3 Å². The number of fused-ring (bicyclic) bond motifs is 1. The Morgan fingerprint density at radius 3 is 2.58 bits per heavy atom. The first kappa shape index (κ1) is 20.8. The number of hydrogen-bond acceptors (Lipinski definition) is 5. The molecule has 0 fully saturated rings. The number of esters is 1. The zero-order valence-corrected chi connectivity index (χ0v) is 17.8. The van der Waals surface area contributed by atoms with Gasteiger partial charge in [0.15, 0.2) is 11.5 Å². The Hall–Kier alpha value is -3.45. The highest BCUT2D eigenvalue weighted by molar-refractivity contribution is 6.30. The Kier molecular flexibility index (Phi) is 5.86. The number of ether oxygens (including phenoxy) is 3. The zero-order chi connectivity index (χ0) is 22.0. The number of carbonyl (C=O) groups excluding carboxylic acids is 2. The van der Waals surface area contributed by atoms with Gasteiger partial charge in [0.2, 0.25) is 6.10 Å². The molecule has 160 valence electrons. The van der Waals surface area contributed by atoms with Gasteiger partial charge in [0.25, 0.3) is 5.91 Å². The number of nitrogens with zero attached hydrogens (tertiary/aromatic N) is 1. The molecule has 7 nitrogen and oxygen atoms in total. The van der Waals surface area contributed by atoms with Crippen LogP contribution in [0.5, 0.6) is 11.5 Å². The normalized spacial score (nSPS) is 14.7. The zero-order valence-electron chi connectivity index (χ0n) is 17.1. The largest absolute Gasteiger partial charge is 0.485 e. The Labute approximate surface area is 184 Å². The predicted molar refractivity (Wildman–Crippen MR) is 116 cm³/mol. The molecule has 0 radical (unpaired) electrons. The van der Waals surface area contributed by atoms with E-state index in [1.165, 1.54) is 0 Å². The van der Waals surface area contributed by atoms with Crippen molar-refractivity contribution < 1.29 is 23.8 Å². The fourth-order valence-corrected chi connectivity index (χ4v) is 3.46. The molecule has 1 N–H and O–H groups in total. The Balaban J connectivity index is 1.65. The number of para-hydroxylation sites is 2. The van der Waals surface area contributed by atoms with Gasteiger partial charge in [-0.15, -0.1) is 0 Å². The van der Waals surface area contributed by atoms with E-state index in [4.69, 9.17) is 25.8 Å². The number of nitrogens with one attached hydrogen (secondary N) is 1. The molecule has 1 aromatic heterocycles. The SMILES string of the molecule is CCOC(=O)c1cc(-c2ccc(Cl)cc2)n(NC(=O)[C@H]2COc3ccccc3O2)c1C. The highest BCUT2D eigenvalue weighted by Crippen LogP contribution is 2.31. The van der Waals surface area contributed by atoms with Crippen molar-refractivity contribution >= 4 is 23.5 Å². The van der Waals surface area contributed by atoms with Crippen LogP contribution < -0.4 is 14.9 Å². The average Bonchev–Trinajstić information content (AvgIpc) is 3.10. The highest BCUT2D eigenvalue weighted by Gasteiger charge is 2.29. The smallest absolute Gasteiger partial charge is 0.340 e. The molecule has 8 heteroatoms. The van der Waals surface area contributed by atoms with E-state index in [0.29, 0.717) is 33.5 Å². The van der Waals surface area contributed by atoms with Crippen LogP contribution in [0.1, 0.15) is 23.0 Å². The third-order valence-electron chi connectivity index (χ3n) is 4.91. The molecule has 0 aliphatic carbocycles. The van der Waals surface area contributed by atoms with Crippen LogP contribution in [-0.2, 0) is 9.53 Å². The summed E-state index contributed by atoms with van der Waals surface area (Å²) in [5, 5.41) is 0.583. The summed E-state index contributed by atoms with van der Waals surface area (Å²) in [5.41, 5.74) is 5.12. The van der Waals surface area contributed by atoms with Gasteiger partial charge in [0.05, 0.1) is 23.6 Å². The Morgan fingerprint density at radius 2 is 1.87 bits per heavy atom. The van der Waals surface area contributed by atoms with Gasteiger partial charge in [-0.2, -0.15) is 0 Å². The number of aromatic nitrogens is 1. The Bertz CT molecular complexity index is 1120. The lowest BCUT2D eigenvalue weighted by atomic mass is 10.1. The number of amides is 1. The van der Waals surface area contributed by atoms with Crippen molar-refractivity contribution in [3.63, 3.8) is 0 Å². The molecule has 31 heavy (non-hydrogen) atoms. The highest BCUT2D eigenvalue weighted by atomic mass is 35.5. The van der Waals surface area contributed by atoms with E-state index in [-0.39, 0.29) is 13.2 Å². The molecule has 0 unspecified atom stereocenters. The van der Waals surface area contributed by atoms with Crippen molar-refractivity contribution in [2.75, 3.05) is 18.6 Å². The third-order valence-corrected chi connectivity index (χ3v) is 5.16. The molecule has 1 atom stereocenters. The van der Waals surface area contributed by atoms with Gasteiger partial charge in [-0.3, -0.25) is 14.9 Å². The van der Waals surface area contributed by atoms with Crippen LogP contribution in [-0.4, -0.2) is 35.9 Å². The minimum atomic E-state index is -0.846. The maximum Gasteiger partial charge on any atom is 0.340 e. The third kappa shape index (κ3) is 4.22. The number of halogens is 1. The van der Waals surface area contributed by atoms with Gasteiger partial charge in [-0.25, -0.2) is 4.79 Å². The average molecular weight is 441 g/mol. The van der Waals surface area contributed by atoms with Crippen molar-refractivity contribution in [3.05, 3.63) is 70.9 Å². The van der Waals surface area contributed by atoms with Crippen molar-refractivity contribution in [2.45, 2.75) is 20.0 Å². The molecular formula is C23H21ClN2O5. The van der Waals surface area contributed by atoms with E-state index in [1.54, 1.807) is 48.9 Å². The fourth-order valence-electron chi connectivity index (χ4n) is 3.33. The molecule has 0 spiro atoms. The van der Waals surface area contributed by atoms with Crippen molar-refractivity contribution in [1.29, 1.82) is 0 Å². The van der Waals surface area contributed by atoms with Crippen molar-refractivity contribution in [1.82, 2.24) is 4.68 Å². The molecule has 0 saturated carbocycles. The first-order chi connectivity index (χ1) is 15.0. The molecular weight excluding hydrogens is 420 g/mol. The van der Waals surface area contributed by atoms with Gasteiger partial charge in [-0.1, -0.05) is 35.9 Å². The van der Waals surface area contributed by atoms with E-state index in [0.717, 1.165) is 5.56 Å². The summed E-state index contributed by atoms with van der Waals surface area (Å²) >= 11 is 6.01. The summed E-state index contributed by atoms with van der Waals surface area (Å²) < 4.78 is 18.2. The topological polar surface area (TPSA) is 78.8 Å². The minimum Gasteiger partial charge on any atom is -0.485 e. The maximum absolute atomic E-state index is 13.0. The second-order valence-electron chi connectivity index (χ2n) is 6.93. The first-order valence-corrected chi connectivity index (χ1v) is 10.2. The van der Waals surface area contributed by atoms with Crippen LogP contribution in [0.4, 0.5) is 0 Å². The second kappa shape index (κ2) is 8.73. The van der Waals surface area contributed by atoms with Crippen molar-refractivity contribution in [3.8, 4) is 22.8 Å². The predicted octanol–water partition coefficient (Wildman–Crippen LogP) is 4.20. The lowest BCUT2D eigenvalue weighted by Crippen LogP contribution is -2.43. The van der Waals surface area contributed by atoms with Crippen LogP contribution in [0, 0.1) is 6.92 Å². The van der Waals surface area contributed by atoms with Crippen molar-refractivity contribution in [2.24, 2.45) is 0 Å². The van der Waals surface area contributed by atoms with E-state index in [2.05, 4.69) is 5.43 Å². The first-order valence-electron chi connectivity index (χ1n) is 9.82. The summed E-state index contributed by atoms with van der Waals surface area (Å²) in [6.07, 6.45) is -0.846. The molecule has 1 amide bonds. The van der Waals surface area contributed by atoms with E-state index in [9.17, 15) is 9.59 Å². The van der Waals surface area contributed by atoms with E-state index < -0.39 is 18.0 Å². The number of rotatable bonds is 5. The molecule has 1 aliphatic heterocycles. The van der Waals surface area contributed by atoms with Crippen LogP contribution in [0.2, 0.25) is 5.02 Å². The van der Waals surface area contributed by atoms with Crippen LogP contribution in [0.15, 0.2) is 54.6 Å². The van der Waals surface area contributed by atoms with Crippen LogP contribution >= 0.6 is 11.6 Å². The summed E-state index contributed by atoms with van der Waals surface area (Å²) in [4.78, 5) is 25.4. The van der Waals surface area contributed by atoms with E-state index >= 15 is 0 Å². The number of carbonyl (C=O) groups is 2. The lowest BCUT2D eigenvalue weighted by molar-refractivity contribution is -0.126. The number of benzene rings is 2. The van der Waals surface area contributed by atoms with Gasteiger partial charge in [0, 0.05) is 10.6 Å². The minimum absolute atomic E-state index is 0.0736. The van der Waals surface area contributed by atoms with Gasteiger partial charge >= 0.3 is 5.97 Å². The monoisotopic (exact) mass is 440 g/mol. The molecule has 0 saturated heterocycles. The van der Waals surface area contributed by atoms with Gasteiger partial charge < -0.3 is 14.2 Å². The maximum atomic E-state index is 13.0. The standard InChI is InChI=1S/C23H21ClN2O5/c1-3-29-23(28)17-12-18(15-8-10-16(24)11-9-15)26(14(17)2)25-22(27)21-13-30-19-6-4-5-7-20(19)31-21/h4-12,21H,3,13H2,1-2H3,(H,25,27)/t21-/m1/s1. The lowest BCUT2D eigenvalue weighted by Gasteiger charge is -2.26. The summed E-state index contributed by atoms with van der Waals surface area (Å²) in [6, 6.07) is 16.0. The quantitative estimate of drug-likeness (QED) is 0.601. The molecule has 2 heterocycles. The second-order valence-corrected chi connectivity index (χ2v) is 7.37. The molecule has 2 aromatic carbocycles. The van der Waals surface area contributed by atoms with E-state index in [1.807, 2.05) is 24.3 Å². The molecule has 0 bridgehead atoms. The number of hydrogen-bond donors (Lipinski definition) is 1. The van der Waals surface area contributed by atoms with Crippen LogP contribution in [0.3, 0.4) is 0 Å². The molecule has 3 aromatic rings. The van der Waals surface area contributed by atoms with Gasteiger partial charge in [-0.05, 0) is 44.2 Å². The molecule has 1 aliphatic rings. The Morgan fingerprint density at radius 1 is 1.16 bits per heavy atom. The summed E-state index contributed by atoms with van der Waals surface area (Å²) in [5.74, 6) is 0.228. The summed E-state index contributed by atoms with van der Waals surface area (Å²) in [7, 11) is 0. The summed E-state index contributed by atoms with van der Waals surface area (Å²) in [6.45, 7) is 3.80. The molecule has 4 rings (SSSR count).